The van der Waals surface area contributed by atoms with Crippen molar-refractivity contribution in [2.24, 2.45) is 0 Å². The van der Waals surface area contributed by atoms with Crippen LogP contribution >= 0.6 is 23.8 Å². The number of halogens is 1. The molecule has 148 valence electrons. The molecule has 0 bridgehead atoms. The van der Waals surface area contributed by atoms with E-state index in [1.807, 2.05) is 6.92 Å². The molecule has 0 radical (unpaired) electrons. The van der Waals surface area contributed by atoms with Gasteiger partial charge in [-0.2, -0.15) is 0 Å². The molecule has 0 heterocycles. The van der Waals surface area contributed by atoms with Gasteiger partial charge in [-0.3, -0.25) is 20.2 Å². The number of carbonyl (C=O) groups excluding carboxylic acids is 1. The summed E-state index contributed by atoms with van der Waals surface area (Å²) in [6.45, 7) is 3.32. The Kier molecular flexibility index (Phi) is 8.12. The van der Waals surface area contributed by atoms with E-state index in [9.17, 15) is 14.9 Å². The predicted molar refractivity (Wildman–Crippen MR) is 110 cm³/mol. The first-order valence-corrected chi connectivity index (χ1v) is 9.06. The fourth-order valence-electron chi connectivity index (χ4n) is 2.16. The molecule has 0 aliphatic carbocycles. The lowest BCUT2D eigenvalue weighted by atomic mass is 10.2. The van der Waals surface area contributed by atoms with E-state index in [1.54, 1.807) is 24.3 Å². The van der Waals surface area contributed by atoms with Crippen LogP contribution in [0.15, 0.2) is 42.5 Å². The van der Waals surface area contributed by atoms with E-state index in [4.69, 9.17) is 33.3 Å². The molecule has 1 amide bonds. The number of hydrogen-bond donors (Lipinski definition) is 2. The highest BCUT2D eigenvalue weighted by Gasteiger charge is 2.14. The Morgan fingerprint density at radius 3 is 2.75 bits per heavy atom. The van der Waals surface area contributed by atoms with Crippen LogP contribution in [-0.2, 0) is 4.74 Å². The summed E-state index contributed by atoms with van der Waals surface area (Å²) in [5.41, 5.74) is 0.409. The van der Waals surface area contributed by atoms with Gasteiger partial charge in [-0.15, -0.1) is 0 Å². The summed E-state index contributed by atoms with van der Waals surface area (Å²) in [6, 6.07) is 10.7. The first-order valence-electron chi connectivity index (χ1n) is 8.27. The van der Waals surface area contributed by atoms with Gasteiger partial charge >= 0.3 is 0 Å². The molecular formula is C18H18ClN3O5S. The minimum atomic E-state index is -0.605. The number of nitrogens with one attached hydrogen (secondary N) is 2. The summed E-state index contributed by atoms with van der Waals surface area (Å²) in [4.78, 5) is 22.7. The lowest BCUT2D eigenvalue weighted by Gasteiger charge is -2.11. The van der Waals surface area contributed by atoms with Crippen molar-refractivity contribution in [1.82, 2.24) is 5.32 Å². The van der Waals surface area contributed by atoms with Crippen LogP contribution in [0.4, 0.5) is 11.4 Å². The Morgan fingerprint density at radius 1 is 1.25 bits per heavy atom. The van der Waals surface area contributed by atoms with Gasteiger partial charge in [0.2, 0.25) is 0 Å². The molecule has 0 saturated heterocycles. The Labute approximate surface area is 171 Å². The van der Waals surface area contributed by atoms with Crippen molar-refractivity contribution in [2.75, 3.05) is 25.1 Å². The van der Waals surface area contributed by atoms with Crippen LogP contribution in [-0.4, -0.2) is 35.8 Å². The van der Waals surface area contributed by atoms with Gasteiger partial charge in [-0.25, -0.2) is 0 Å². The second kappa shape index (κ2) is 10.5. The second-order valence-corrected chi connectivity index (χ2v) is 6.22. The van der Waals surface area contributed by atoms with E-state index >= 15 is 0 Å². The van der Waals surface area contributed by atoms with E-state index in [1.165, 1.54) is 18.2 Å². The normalized spacial score (nSPS) is 10.2. The number of carbonyl (C=O) groups is 1. The number of thiocarbonyl (C=S) groups is 1. The number of nitrogens with zero attached hydrogens (tertiary/aromatic N) is 1. The molecule has 0 fully saturated rings. The van der Waals surface area contributed by atoms with Crippen molar-refractivity contribution in [3.05, 3.63) is 63.2 Å². The number of nitro benzene ring substituents is 1. The fraction of sp³-hybridized carbons (Fsp3) is 0.222. The topological polar surface area (TPSA) is 103 Å². The molecule has 0 unspecified atom stereocenters. The van der Waals surface area contributed by atoms with Crippen molar-refractivity contribution in [3.8, 4) is 5.75 Å². The van der Waals surface area contributed by atoms with E-state index in [2.05, 4.69) is 10.6 Å². The molecule has 0 aliphatic heterocycles. The fourth-order valence-corrected chi connectivity index (χ4v) is 2.55. The number of amides is 1. The Bertz CT molecular complexity index is 878. The zero-order chi connectivity index (χ0) is 20.5. The molecule has 28 heavy (non-hydrogen) atoms. The highest BCUT2D eigenvalue weighted by atomic mass is 35.5. The smallest absolute Gasteiger partial charge is 0.289 e. The Morgan fingerprint density at radius 2 is 2.04 bits per heavy atom. The molecule has 10 heteroatoms. The summed E-state index contributed by atoms with van der Waals surface area (Å²) in [7, 11) is 0. The monoisotopic (exact) mass is 423 g/mol. The van der Waals surface area contributed by atoms with Gasteiger partial charge in [0.05, 0.1) is 11.5 Å². The van der Waals surface area contributed by atoms with Crippen molar-refractivity contribution in [1.29, 1.82) is 0 Å². The van der Waals surface area contributed by atoms with Gasteiger partial charge in [0.25, 0.3) is 11.6 Å². The molecule has 0 saturated carbocycles. The van der Waals surface area contributed by atoms with Gasteiger partial charge in [-0.1, -0.05) is 17.7 Å². The van der Waals surface area contributed by atoms with Crippen LogP contribution in [0.1, 0.15) is 17.3 Å². The lowest BCUT2D eigenvalue weighted by Crippen LogP contribution is -2.34. The number of benzene rings is 2. The quantitative estimate of drug-likeness (QED) is 0.288. The summed E-state index contributed by atoms with van der Waals surface area (Å²) in [5.74, 6) is 0.0794. The molecule has 0 atom stereocenters. The van der Waals surface area contributed by atoms with Gasteiger partial charge in [0.1, 0.15) is 17.4 Å². The summed E-state index contributed by atoms with van der Waals surface area (Å²) in [6.07, 6.45) is 0. The third-order valence-electron chi connectivity index (χ3n) is 3.42. The van der Waals surface area contributed by atoms with Crippen LogP contribution in [0.3, 0.4) is 0 Å². The maximum atomic E-state index is 12.4. The minimum absolute atomic E-state index is 0.00616. The average Bonchev–Trinajstić information content (AvgIpc) is 2.66. The molecule has 0 aliphatic rings. The van der Waals surface area contributed by atoms with Crippen molar-refractivity contribution in [2.45, 2.75) is 6.92 Å². The second-order valence-electron chi connectivity index (χ2n) is 5.40. The number of ether oxygens (including phenoxy) is 2. The maximum Gasteiger partial charge on any atom is 0.289 e. The van der Waals surface area contributed by atoms with Crippen LogP contribution < -0.4 is 15.4 Å². The van der Waals surface area contributed by atoms with Crippen LogP contribution in [0.2, 0.25) is 5.02 Å². The van der Waals surface area contributed by atoms with Crippen LogP contribution in [0.25, 0.3) is 0 Å². The van der Waals surface area contributed by atoms with Crippen LogP contribution in [0, 0.1) is 10.1 Å². The van der Waals surface area contributed by atoms with Crippen molar-refractivity contribution in [3.63, 3.8) is 0 Å². The lowest BCUT2D eigenvalue weighted by molar-refractivity contribution is -0.384. The molecule has 2 aromatic rings. The van der Waals surface area contributed by atoms with Gasteiger partial charge < -0.3 is 14.8 Å². The number of nitro groups is 1. The highest BCUT2D eigenvalue weighted by molar-refractivity contribution is 7.80. The molecule has 0 spiro atoms. The first-order chi connectivity index (χ1) is 13.4. The van der Waals surface area contributed by atoms with E-state index < -0.39 is 10.8 Å². The van der Waals surface area contributed by atoms with Gasteiger partial charge in [0.15, 0.2) is 5.11 Å². The zero-order valence-corrected chi connectivity index (χ0v) is 16.5. The van der Waals surface area contributed by atoms with E-state index in [0.717, 1.165) is 0 Å². The molecule has 2 rings (SSSR count). The third-order valence-corrected chi connectivity index (χ3v) is 3.95. The summed E-state index contributed by atoms with van der Waals surface area (Å²) < 4.78 is 10.7. The van der Waals surface area contributed by atoms with E-state index in [0.29, 0.717) is 36.8 Å². The SMILES string of the molecule is CCOCCOc1cccc(C(=O)NC(=S)Nc2ccc(Cl)c([N+](=O)[O-])c2)c1. The standard InChI is InChI=1S/C18H18ClN3O5S/c1-2-26-8-9-27-14-5-3-4-12(10-14)17(23)21-18(28)20-13-6-7-15(19)16(11-13)22(24)25/h3-7,10-11H,2,8-9H2,1H3,(H2,20,21,23,28). The predicted octanol–water partition coefficient (Wildman–Crippen LogP) is 3.79. The van der Waals surface area contributed by atoms with Gasteiger partial charge in [0, 0.05) is 23.9 Å². The Hall–Kier alpha value is -2.75. The molecule has 8 nitrogen and oxygen atoms in total. The van der Waals surface area contributed by atoms with Crippen molar-refractivity contribution < 1.29 is 19.2 Å². The molecular weight excluding hydrogens is 406 g/mol. The first kappa shape index (κ1) is 21.5. The van der Waals surface area contributed by atoms with Gasteiger partial charge in [-0.05, 0) is 49.5 Å². The molecule has 2 aromatic carbocycles. The minimum Gasteiger partial charge on any atom is -0.491 e. The number of rotatable bonds is 8. The third kappa shape index (κ3) is 6.45. The average molecular weight is 424 g/mol. The van der Waals surface area contributed by atoms with Crippen molar-refractivity contribution >= 4 is 46.2 Å². The summed E-state index contributed by atoms with van der Waals surface area (Å²) >= 11 is 10.9. The highest BCUT2D eigenvalue weighted by Crippen LogP contribution is 2.27. The molecule has 2 N–H and O–H groups in total. The maximum absolute atomic E-state index is 12.4. The molecule has 0 aromatic heterocycles. The zero-order valence-electron chi connectivity index (χ0n) is 14.9. The number of anilines is 1. The summed E-state index contributed by atoms with van der Waals surface area (Å²) in [5, 5.41) is 16.2. The largest absolute Gasteiger partial charge is 0.491 e. The number of hydrogen-bond acceptors (Lipinski definition) is 6. The van der Waals surface area contributed by atoms with Crippen LogP contribution in [0.5, 0.6) is 5.75 Å². The Balaban J connectivity index is 1.96. The van der Waals surface area contributed by atoms with E-state index in [-0.39, 0.29) is 15.8 Å².